The fourth-order valence-corrected chi connectivity index (χ4v) is 1.35. The zero-order valence-electron chi connectivity index (χ0n) is 14.4. The van der Waals surface area contributed by atoms with Gasteiger partial charge >= 0.3 is 5.97 Å². The molecule has 0 heterocycles. The van der Waals surface area contributed by atoms with E-state index in [9.17, 15) is 9.18 Å². The number of ether oxygens (including phenoxy) is 6. The van der Waals surface area contributed by atoms with Crippen LogP contribution in [0.25, 0.3) is 0 Å². The number of carbonyl (C=O) groups is 1. The van der Waals surface area contributed by atoms with Crippen molar-refractivity contribution in [2.75, 3.05) is 79.4 Å². The molecule has 0 aliphatic heterocycles. The van der Waals surface area contributed by atoms with Crippen LogP contribution in [0.5, 0.6) is 0 Å². The number of hydrogen-bond acceptors (Lipinski definition) is 7. The highest BCUT2D eigenvalue weighted by atomic mass is 19.1. The lowest BCUT2D eigenvalue weighted by Crippen LogP contribution is -2.15. The molecule has 0 radical (unpaired) electrons. The first-order valence-corrected chi connectivity index (χ1v) is 7.95. The molecule has 142 valence electrons. The second kappa shape index (κ2) is 18.3. The molecule has 0 aromatic heterocycles. The summed E-state index contributed by atoms with van der Waals surface area (Å²) in [7, 11) is 0. The second-order valence-corrected chi connectivity index (χ2v) is 4.67. The third kappa shape index (κ3) is 17.3. The van der Waals surface area contributed by atoms with Crippen LogP contribution in [0.1, 0.15) is 6.92 Å². The zero-order valence-corrected chi connectivity index (χ0v) is 14.4. The molecule has 0 spiro atoms. The molecule has 0 amide bonds. The van der Waals surface area contributed by atoms with Gasteiger partial charge in [0.15, 0.2) is 0 Å². The summed E-state index contributed by atoms with van der Waals surface area (Å²) in [4.78, 5) is 11.1. The van der Waals surface area contributed by atoms with Gasteiger partial charge < -0.3 is 28.4 Å². The second-order valence-electron chi connectivity index (χ2n) is 4.67. The average Bonchev–Trinajstić information content (AvgIpc) is 2.57. The van der Waals surface area contributed by atoms with Crippen molar-refractivity contribution in [1.29, 1.82) is 0 Å². The predicted molar refractivity (Wildman–Crippen MR) is 85.8 cm³/mol. The van der Waals surface area contributed by atoms with Crippen LogP contribution < -0.4 is 0 Å². The molecular formula is C16H29FO7. The molecular weight excluding hydrogens is 323 g/mol. The minimum absolute atomic E-state index is 0.112. The van der Waals surface area contributed by atoms with Gasteiger partial charge in [0.05, 0.1) is 66.1 Å². The van der Waals surface area contributed by atoms with Crippen molar-refractivity contribution in [2.24, 2.45) is 0 Å². The summed E-state index contributed by atoms with van der Waals surface area (Å²) in [6, 6.07) is 0. The van der Waals surface area contributed by atoms with Crippen molar-refractivity contribution in [1.82, 2.24) is 0 Å². The summed E-state index contributed by atoms with van der Waals surface area (Å²) in [5.41, 5.74) is 0.369. The molecule has 0 aliphatic rings. The highest BCUT2D eigenvalue weighted by molar-refractivity contribution is 5.86. The molecule has 0 fully saturated rings. The molecule has 0 aromatic rings. The topological polar surface area (TPSA) is 72.5 Å². The Labute approximate surface area is 143 Å². The summed E-state index contributed by atoms with van der Waals surface area (Å²) in [5.74, 6) is -0.414. The summed E-state index contributed by atoms with van der Waals surface area (Å²) in [6.07, 6.45) is 0. The van der Waals surface area contributed by atoms with Gasteiger partial charge in [-0.1, -0.05) is 6.58 Å². The molecule has 0 saturated carbocycles. The van der Waals surface area contributed by atoms with Gasteiger partial charge in [0.2, 0.25) is 0 Å². The van der Waals surface area contributed by atoms with Crippen LogP contribution in [-0.2, 0) is 33.2 Å². The van der Waals surface area contributed by atoms with Gasteiger partial charge in [-0.2, -0.15) is 0 Å². The van der Waals surface area contributed by atoms with Crippen LogP contribution >= 0.6 is 0 Å². The number of alkyl halides is 1. The Hall–Kier alpha value is -1.06. The van der Waals surface area contributed by atoms with Gasteiger partial charge in [-0.05, 0) is 6.92 Å². The number of hydrogen-bond donors (Lipinski definition) is 0. The molecule has 0 unspecified atom stereocenters. The quantitative estimate of drug-likeness (QED) is 0.208. The fraction of sp³-hybridized carbons (Fsp3) is 0.812. The predicted octanol–water partition coefficient (Wildman–Crippen LogP) is 1.16. The Morgan fingerprint density at radius 2 is 1.04 bits per heavy atom. The number of rotatable bonds is 18. The van der Waals surface area contributed by atoms with Crippen LogP contribution in [0, 0.1) is 0 Å². The van der Waals surface area contributed by atoms with E-state index < -0.39 is 12.6 Å². The summed E-state index contributed by atoms with van der Waals surface area (Å²) in [5, 5.41) is 0. The monoisotopic (exact) mass is 352 g/mol. The van der Waals surface area contributed by atoms with Gasteiger partial charge in [0, 0.05) is 5.57 Å². The highest BCUT2D eigenvalue weighted by Crippen LogP contribution is 1.91. The van der Waals surface area contributed by atoms with E-state index in [2.05, 4.69) is 6.58 Å². The number of carbonyl (C=O) groups excluding carboxylic acids is 1. The SMILES string of the molecule is C=C(C)C(=O)OCCOCCOCCOCCOCCOCCF. The Bertz CT molecular complexity index is 313. The minimum Gasteiger partial charge on any atom is -0.460 e. The van der Waals surface area contributed by atoms with Crippen molar-refractivity contribution in [2.45, 2.75) is 6.92 Å². The van der Waals surface area contributed by atoms with Gasteiger partial charge in [0.1, 0.15) is 13.3 Å². The molecule has 0 N–H and O–H groups in total. The first-order valence-electron chi connectivity index (χ1n) is 7.95. The third-order valence-corrected chi connectivity index (χ3v) is 2.52. The maximum atomic E-state index is 11.7. The molecule has 0 bridgehead atoms. The smallest absolute Gasteiger partial charge is 0.333 e. The average molecular weight is 352 g/mol. The van der Waals surface area contributed by atoms with Crippen molar-refractivity contribution in [3.05, 3.63) is 12.2 Å². The lowest BCUT2D eigenvalue weighted by molar-refractivity contribution is -0.140. The molecule has 0 aliphatic carbocycles. The van der Waals surface area contributed by atoms with Crippen LogP contribution in [-0.4, -0.2) is 85.3 Å². The Morgan fingerprint density at radius 3 is 1.38 bits per heavy atom. The van der Waals surface area contributed by atoms with Crippen LogP contribution in [0.15, 0.2) is 12.2 Å². The highest BCUT2D eigenvalue weighted by Gasteiger charge is 2.01. The van der Waals surface area contributed by atoms with E-state index in [1.54, 1.807) is 6.92 Å². The van der Waals surface area contributed by atoms with Gasteiger partial charge in [-0.15, -0.1) is 0 Å². The van der Waals surface area contributed by atoms with Crippen LogP contribution in [0.4, 0.5) is 4.39 Å². The summed E-state index contributed by atoms with van der Waals surface area (Å²) < 4.78 is 42.5. The largest absolute Gasteiger partial charge is 0.460 e. The standard InChI is InChI=1S/C16H29FO7/c1-15(2)16(18)24-14-13-23-12-11-22-10-9-21-8-7-20-6-5-19-4-3-17/h1,3-14H2,2H3. The van der Waals surface area contributed by atoms with E-state index >= 15 is 0 Å². The normalized spacial score (nSPS) is 10.8. The minimum atomic E-state index is -0.476. The molecule has 0 saturated heterocycles. The summed E-state index contributed by atoms with van der Waals surface area (Å²) in [6.45, 7) is 8.79. The van der Waals surface area contributed by atoms with E-state index in [0.29, 0.717) is 65.0 Å². The van der Waals surface area contributed by atoms with Crippen molar-refractivity contribution < 1.29 is 37.6 Å². The Morgan fingerprint density at radius 1 is 0.708 bits per heavy atom. The molecule has 0 aromatic carbocycles. The number of halogens is 1. The van der Waals surface area contributed by atoms with E-state index in [1.165, 1.54) is 0 Å². The third-order valence-electron chi connectivity index (χ3n) is 2.52. The van der Waals surface area contributed by atoms with E-state index in [0.717, 1.165) is 0 Å². The van der Waals surface area contributed by atoms with Crippen molar-refractivity contribution >= 4 is 5.97 Å². The van der Waals surface area contributed by atoms with Crippen LogP contribution in [0.3, 0.4) is 0 Å². The van der Waals surface area contributed by atoms with Gasteiger partial charge in [0.25, 0.3) is 0 Å². The van der Waals surface area contributed by atoms with Crippen LogP contribution in [0.2, 0.25) is 0 Å². The molecule has 7 nitrogen and oxygen atoms in total. The maximum Gasteiger partial charge on any atom is 0.333 e. The van der Waals surface area contributed by atoms with Gasteiger partial charge in [-0.25, -0.2) is 9.18 Å². The molecule has 0 atom stereocenters. The Balaban J connectivity index is 3.05. The van der Waals surface area contributed by atoms with Crippen molar-refractivity contribution in [3.8, 4) is 0 Å². The lowest BCUT2D eigenvalue weighted by atomic mass is 10.4. The lowest BCUT2D eigenvalue weighted by Gasteiger charge is -2.08. The van der Waals surface area contributed by atoms with Gasteiger partial charge in [-0.3, -0.25) is 0 Å². The number of esters is 1. The molecule has 0 rings (SSSR count). The zero-order chi connectivity index (χ0) is 17.9. The maximum absolute atomic E-state index is 11.7. The molecule has 8 heteroatoms. The molecule has 24 heavy (non-hydrogen) atoms. The van der Waals surface area contributed by atoms with E-state index in [-0.39, 0.29) is 13.2 Å². The summed E-state index contributed by atoms with van der Waals surface area (Å²) >= 11 is 0. The first kappa shape index (κ1) is 22.9. The van der Waals surface area contributed by atoms with E-state index in [1.807, 2.05) is 0 Å². The Kier molecular flexibility index (Phi) is 17.5. The fourth-order valence-electron chi connectivity index (χ4n) is 1.35. The van der Waals surface area contributed by atoms with E-state index in [4.69, 9.17) is 28.4 Å². The first-order chi connectivity index (χ1) is 11.7. The van der Waals surface area contributed by atoms with Crippen molar-refractivity contribution in [3.63, 3.8) is 0 Å².